The average molecular weight is 341 g/mol. The summed E-state index contributed by atoms with van der Waals surface area (Å²) in [5.74, 6) is -0.454. The van der Waals surface area contributed by atoms with Gasteiger partial charge in [0.1, 0.15) is 5.75 Å². The highest BCUT2D eigenvalue weighted by Gasteiger charge is 2.33. The molecule has 1 aromatic rings. The van der Waals surface area contributed by atoms with Gasteiger partial charge in [-0.2, -0.15) is 4.31 Å². The predicted octanol–water partition coefficient (Wildman–Crippen LogP) is 0.557. The zero-order chi connectivity index (χ0) is 17.0. The molecule has 0 radical (unpaired) electrons. The minimum atomic E-state index is -3.70. The van der Waals surface area contributed by atoms with E-state index < -0.39 is 15.9 Å². The van der Waals surface area contributed by atoms with Crippen LogP contribution in [0.25, 0.3) is 0 Å². The summed E-state index contributed by atoms with van der Waals surface area (Å²) in [6.07, 6.45) is 1.49. The van der Waals surface area contributed by atoms with Gasteiger partial charge in [0.15, 0.2) is 0 Å². The van der Waals surface area contributed by atoms with Crippen molar-refractivity contribution in [3.63, 3.8) is 0 Å². The number of carbonyl (C=O) groups excluding carboxylic acids is 1. The van der Waals surface area contributed by atoms with E-state index in [0.29, 0.717) is 19.5 Å². The Balaban J connectivity index is 2.44. The second-order valence-corrected chi connectivity index (χ2v) is 7.38. The van der Waals surface area contributed by atoms with Gasteiger partial charge in [-0.25, -0.2) is 8.42 Å². The van der Waals surface area contributed by atoms with E-state index >= 15 is 0 Å². The lowest BCUT2D eigenvalue weighted by Gasteiger charge is -2.27. The quantitative estimate of drug-likeness (QED) is 0.754. The van der Waals surface area contributed by atoms with Crippen LogP contribution in [0.4, 0.5) is 0 Å². The number of ether oxygens (including phenoxy) is 1. The minimum absolute atomic E-state index is 0.0625. The highest BCUT2D eigenvalue weighted by molar-refractivity contribution is 7.89. The number of nitrogens with zero attached hydrogens (tertiary/aromatic N) is 1. The van der Waals surface area contributed by atoms with Crippen LogP contribution in [0, 0.1) is 0 Å². The first-order chi connectivity index (χ1) is 10.9. The molecule has 1 atom stereocenters. The van der Waals surface area contributed by atoms with Crippen molar-refractivity contribution in [2.45, 2.75) is 30.7 Å². The van der Waals surface area contributed by atoms with E-state index in [0.717, 1.165) is 13.0 Å². The summed E-state index contributed by atoms with van der Waals surface area (Å²) in [4.78, 5) is 11.6. The van der Waals surface area contributed by atoms with Gasteiger partial charge >= 0.3 is 0 Å². The second kappa shape index (κ2) is 7.29. The van der Waals surface area contributed by atoms with Crippen LogP contribution >= 0.6 is 0 Å². The van der Waals surface area contributed by atoms with Crippen LogP contribution in [-0.2, 0) is 10.0 Å². The highest BCUT2D eigenvalue weighted by Crippen LogP contribution is 2.26. The molecule has 0 saturated carbocycles. The van der Waals surface area contributed by atoms with Crippen LogP contribution in [0.5, 0.6) is 5.75 Å². The number of benzene rings is 1. The van der Waals surface area contributed by atoms with E-state index in [4.69, 9.17) is 10.5 Å². The second-order valence-electron chi connectivity index (χ2n) is 5.49. The normalized spacial score (nSPS) is 18.3. The van der Waals surface area contributed by atoms with Crippen molar-refractivity contribution in [1.82, 2.24) is 9.62 Å². The number of nitrogens with two attached hydrogens (primary N) is 1. The van der Waals surface area contributed by atoms with E-state index in [2.05, 4.69) is 5.32 Å². The Kier molecular flexibility index (Phi) is 5.61. The molecule has 1 aromatic carbocycles. The number of nitrogens with one attached hydrogen (secondary N) is 1. The van der Waals surface area contributed by atoms with E-state index in [1.807, 2.05) is 6.92 Å². The van der Waals surface area contributed by atoms with E-state index in [1.165, 1.54) is 29.6 Å². The van der Waals surface area contributed by atoms with Crippen molar-refractivity contribution < 1.29 is 17.9 Å². The minimum Gasteiger partial charge on any atom is -0.496 e. The van der Waals surface area contributed by atoms with Crippen LogP contribution in [0.3, 0.4) is 0 Å². The highest BCUT2D eigenvalue weighted by atomic mass is 32.2. The maximum atomic E-state index is 13.0. The molecule has 7 nitrogen and oxygen atoms in total. The summed E-state index contributed by atoms with van der Waals surface area (Å²) >= 11 is 0. The molecule has 3 N–H and O–H groups in total. The number of hydrogen-bond acceptors (Lipinski definition) is 5. The van der Waals surface area contributed by atoms with Crippen LogP contribution < -0.4 is 15.8 Å². The first kappa shape index (κ1) is 17.7. The number of rotatable bonds is 7. The number of hydrogen-bond donors (Lipinski definition) is 2. The number of sulfonamides is 1. The predicted molar refractivity (Wildman–Crippen MR) is 87.0 cm³/mol. The smallest absolute Gasteiger partial charge is 0.252 e. The third kappa shape index (κ3) is 3.65. The Hall–Kier alpha value is -1.64. The fourth-order valence-electron chi connectivity index (χ4n) is 2.78. The maximum Gasteiger partial charge on any atom is 0.252 e. The number of carbonyl (C=O) groups is 1. The van der Waals surface area contributed by atoms with E-state index in [-0.39, 0.29) is 22.3 Å². The lowest BCUT2D eigenvalue weighted by molar-refractivity contribution is 0.0997. The van der Waals surface area contributed by atoms with Crippen LogP contribution in [0.15, 0.2) is 23.1 Å². The van der Waals surface area contributed by atoms with Crippen molar-refractivity contribution in [1.29, 1.82) is 0 Å². The molecule has 1 aliphatic rings. The summed E-state index contributed by atoms with van der Waals surface area (Å²) in [5.41, 5.74) is 5.39. The molecule has 2 rings (SSSR count). The van der Waals surface area contributed by atoms with Crippen LogP contribution in [-0.4, -0.2) is 51.4 Å². The average Bonchev–Trinajstić information content (AvgIpc) is 3.05. The molecule has 0 spiro atoms. The number of methoxy groups -OCH3 is 1. The molecular formula is C15H23N3O4S. The fourth-order valence-corrected chi connectivity index (χ4v) is 4.55. The summed E-state index contributed by atoms with van der Waals surface area (Å²) in [7, 11) is -2.29. The molecule has 1 aliphatic heterocycles. The summed E-state index contributed by atoms with van der Waals surface area (Å²) in [6, 6.07) is 4.14. The van der Waals surface area contributed by atoms with Gasteiger partial charge in [-0.1, -0.05) is 6.92 Å². The molecule has 1 saturated heterocycles. The topological polar surface area (TPSA) is 102 Å². The molecule has 1 unspecified atom stereocenters. The largest absolute Gasteiger partial charge is 0.496 e. The molecule has 23 heavy (non-hydrogen) atoms. The first-order valence-electron chi connectivity index (χ1n) is 7.62. The van der Waals surface area contributed by atoms with E-state index in [9.17, 15) is 13.2 Å². The zero-order valence-corrected chi connectivity index (χ0v) is 14.2. The van der Waals surface area contributed by atoms with Gasteiger partial charge in [-0.15, -0.1) is 0 Å². The standard InChI is InChI=1S/C15H23N3O4S/c1-3-8-18(11-6-7-17-10-11)23(20,21)12-4-5-14(22-2)13(9-12)15(16)19/h4-5,9,11,17H,3,6-8,10H2,1-2H3,(H2,16,19). The molecule has 8 heteroatoms. The van der Waals surface area contributed by atoms with Crippen molar-refractivity contribution >= 4 is 15.9 Å². The zero-order valence-electron chi connectivity index (χ0n) is 13.4. The number of amides is 1. The molecule has 0 bridgehead atoms. The Morgan fingerprint density at radius 3 is 2.74 bits per heavy atom. The van der Waals surface area contributed by atoms with Crippen LogP contribution in [0.1, 0.15) is 30.1 Å². The Bertz CT molecular complexity index is 669. The third-order valence-electron chi connectivity index (χ3n) is 3.93. The van der Waals surface area contributed by atoms with Crippen molar-refractivity contribution in [3.8, 4) is 5.75 Å². The van der Waals surface area contributed by atoms with Gasteiger partial charge in [-0.05, 0) is 37.6 Å². The van der Waals surface area contributed by atoms with Gasteiger partial charge in [0.05, 0.1) is 17.6 Å². The van der Waals surface area contributed by atoms with E-state index in [1.54, 1.807) is 0 Å². The van der Waals surface area contributed by atoms with Crippen molar-refractivity contribution in [2.75, 3.05) is 26.7 Å². The van der Waals surface area contributed by atoms with Gasteiger partial charge < -0.3 is 15.8 Å². The lowest BCUT2D eigenvalue weighted by Crippen LogP contribution is -2.42. The van der Waals surface area contributed by atoms with Gasteiger partial charge in [0.2, 0.25) is 10.0 Å². The summed E-state index contributed by atoms with van der Waals surface area (Å²) in [5, 5.41) is 3.18. The molecule has 1 fully saturated rings. The molecule has 1 amide bonds. The Morgan fingerprint density at radius 1 is 1.48 bits per heavy atom. The molecule has 0 aliphatic carbocycles. The molecule has 128 valence electrons. The molecule has 1 heterocycles. The Labute approximate surface area is 136 Å². The van der Waals surface area contributed by atoms with Gasteiger partial charge in [-0.3, -0.25) is 4.79 Å². The third-order valence-corrected chi connectivity index (χ3v) is 5.88. The van der Waals surface area contributed by atoms with Crippen molar-refractivity contribution in [2.24, 2.45) is 5.73 Å². The summed E-state index contributed by atoms with van der Waals surface area (Å²) in [6.45, 7) is 3.81. The monoisotopic (exact) mass is 341 g/mol. The van der Waals surface area contributed by atoms with Gasteiger partial charge in [0.25, 0.3) is 5.91 Å². The fraction of sp³-hybridized carbons (Fsp3) is 0.533. The maximum absolute atomic E-state index is 13.0. The SMILES string of the molecule is CCCN(C1CCNC1)S(=O)(=O)c1ccc(OC)c(C(N)=O)c1. The lowest BCUT2D eigenvalue weighted by atomic mass is 10.2. The Morgan fingerprint density at radius 2 is 2.22 bits per heavy atom. The molecular weight excluding hydrogens is 318 g/mol. The van der Waals surface area contributed by atoms with Crippen molar-refractivity contribution in [3.05, 3.63) is 23.8 Å². The van der Waals surface area contributed by atoms with Crippen LogP contribution in [0.2, 0.25) is 0 Å². The summed E-state index contributed by atoms with van der Waals surface area (Å²) < 4.78 is 32.6. The van der Waals surface area contributed by atoms with Gasteiger partial charge in [0, 0.05) is 19.1 Å². The molecule has 0 aromatic heterocycles. The first-order valence-corrected chi connectivity index (χ1v) is 9.06. The number of primary amides is 1.